The molecule has 0 amide bonds. The van der Waals surface area contributed by atoms with E-state index in [2.05, 4.69) is 29.3 Å². The van der Waals surface area contributed by atoms with Crippen molar-refractivity contribution in [1.29, 1.82) is 0 Å². The summed E-state index contributed by atoms with van der Waals surface area (Å²) in [7, 11) is 1.37. The van der Waals surface area contributed by atoms with Crippen LogP contribution >= 0.6 is 23.4 Å². The molecular formula is C19H18ClN3O2S. The predicted octanol–water partition coefficient (Wildman–Crippen LogP) is 4.42. The number of carbonyl (C=O) groups is 1. The van der Waals surface area contributed by atoms with Gasteiger partial charge in [0.25, 0.3) is 0 Å². The van der Waals surface area contributed by atoms with E-state index in [4.69, 9.17) is 16.3 Å². The number of rotatable bonds is 6. The first-order valence-electron chi connectivity index (χ1n) is 8.12. The number of methoxy groups -OCH3 is 1. The molecule has 3 rings (SSSR count). The summed E-state index contributed by atoms with van der Waals surface area (Å²) in [6.45, 7) is 2.12. The van der Waals surface area contributed by atoms with Gasteiger partial charge in [-0.2, -0.15) is 0 Å². The minimum atomic E-state index is -0.307. The molecule has 3 aromatic rings. The summed E-state index contributed by atoms with van der Waals surface area (Å²) in [5.74, 6) is 0.555. The number of ether oxygens (including phenoxy) is 1. The van der Waals surface area contributed by atoms with Crippen molar-refractivity contribution in [3.63, 3.8) is 0 Å². The van der Waals surface area contributed by atoms with Crippen LogP contribution in [0.5, 0.6) is 0 Å². The molecule has 7 heteroatoms. The molecule has 0 saturated carbocycles. The molecule has 26 heavy (non-hydrogen) atoms. The molecule has 0 saturated heterocycles. The topological polar surface area (TPSA) is 57.0 Å². The van der Waals surface area contributed by atoms with Crippen LogP contribution in [0.1, 0.15) is 12.5 Å². The average molecular weight is 388 g/mol. The zero-order valence-corrected chi connectivity index (χ0v) is 16.0. The second kappa shape index (κ2) is 8.38. The molecule has 134 valence electrons. The van der Waals surface area contributed by atoms with Gasteiger partial charge >= 0.3 is 5.97 Å². The molecule has 0 aliphatic carbocycles. The molecule has 5 nitrogen and oxygen atoms in total. The van der Waals surface area contributed by atoms with Gasteiger partial charge in [-0.05, 0) is 48.4 Å². The Morgan fingerprint density at radius 1 is 1.12 bits per heavy atom. The zero-order valence-electron chi connectivity index (χ0n) is 14.5. The standard InChI is InChI=1S/C19H18ClN3O2S/c1-3-13-4-10-16(11-5-13)23-18(14-6-8-15(20)9-7-14)21-22-19(23)26-12-17(24)25-2/h4-11H,3,12H2,1-2H3. The smallest absolute Gasteiger partial charge is 0.316 e. The third-order valence-electron chi connectivity index (χ3n) is 3.89. The Morgan fingerprint density at radius 2 is 1.81 bits per heavy atom. The maximum absolute atomic E-state index is 11.5. The van der Waals surface area contributed by atoms with Gasteiger partial charge in [0.15, 0.2) is 11.0 Å². The molecule has 0 spiro atoms. The van der Waals surface area contributed by atoms with E-state index in [1.807, 2.05) is 41.0 Å². The third kappa shape index (κ3) is 4.08. The minimum absolute atomic E-state index is 0.169. The molecule has 0 fully saturated rings. The molecule has 0 atom stereocenters. The summed E-state index contributed by atoms with van der Waals surface area (Å²) < 4.78 is 6.66. The molecule has 1 heterocycles. The van der Waals surface area contributed by atoms with Crippen molar-refractivity contribution in [2.75, 3.05) is 12.9 Å². The van der Waals surface area contributed by atoms with Crippen LogP contribution in [0.4, 0.5) is 0 Å². The van der Waals surface area contributed by atoms with Crippen LogP contribution in [0.15, 0.2) is 53.7 Å². The number of benzene rings is 2. The molecular weight excluding hydrogens is 370 g/mol. The van der Waals surface area contributed by atoms with Gasteiger partial charge in [0.1, 0.15) is 0 Å². The molecule has 2 aromatic carbocycles. The van der Waals surface area contributed by atoms with Crippen LogP contribution in [0.3, 0.4) is 0 Å². The number of thioether (sulfide) groups is 1. The monoisotopic (exact) mass is 387 g/mol. The van der Waals surface area contributed by atoms with Crippen LogP contribution < -0.4 is 0 Å². The second-order valence-electron chi connectivity index (χ2n) is 5.53. The maximum Gasteiger partial charge on any atom is 0.316 e. The first-order chi connectivity index (χ1) is 12.6. The maximum atomic E-state index is 11.5. The fraction of sp³-hybridized carbons (Fsp3) is 0.211. The van der Waals surface area contributed by atoms with Crippen molar-refractivity contribution in [1.82, 2.24) is 14.8 Å². The zero-order chi connectivity index (χ0) is 18.5. The number of aromatic nitrogens is 3. The number of hydrogen-bond donors (Lipinski definition) is 0. The van der Waals surface area contributed by atoms with Gasteiger partial charge < -0.3 is 4.74 Å². The van der Waals surface area contributed by atoms with E-state index >= 15 is 0 Å². The normalized spacial score (nSPS) is 10.7. The minimum Gasteiger partial charge on any atom is -0.468 e. The summed E-state index contributed by atoms with van der Waals surface area (Å²) >= 11 is 7.29. The summed E-state index contributed by atoms with van der Waals surface area (Å²) in [5, 5.41) is 9.90. The van der Waals surface area contributed by atoms with Crippen molar-refractivity contribution < 1.29 is 9.53 Å². The van der Waals surface area contributed by atoms with E-state index in [1.54, 1.807) is 0 Å². The van der Waals surface area contributed by atoms with E-state index in [-0.39, 0.29) is 11.7 Å². The van der Waals surface area contributed by atoms with E-state index < -0.39 is 0 Å². The summed E-state index contributed by atoms with van der Waals surface area (Å²) in [4.78, 5) is 11.5. The van der Waals surface area contributed by atoms with E-state index in [1.165, 1.54) is 24.4 Å². The Bertz CT molecular complexity index is 892. The predicted molar refractivity (Wildman–Crippen MR) is 104 cm³/mol. The fourth-order valence-corrected chi connectivity index (χ4v) is 3.36. The number of carbonyl (C=O) groups excluding carboxylic acids is 1. The van der Waals surface area contributed by atoms with Crippen LogP contribution in [-0.4, -0.2) is 33.6 Å². The highest BCUT2D eigenvalue weighted by molar-refractivity contribution is 7.99. The van der Waals surface area contributed by atoms with Crippen molar-refractivity contribution in [2.24, 2.45) is 0 Å². The van der Waals surface area contributed by atoms with E-state index in [0.717, 1.165) is 17.7 Å². The number of halogens is 1. The molecule has 0 radical (unpaired) electrons. The number of hydrogen-bond acceptors (Lipinski definition) is 5. The first-order valence-corrected chi connectivity index (χ1v) is 9.49. The molecule has 0 unspecified atom stereocenters. The van der Waals surface area contributed by atoms with Gasteiger partial charge in [-0.3, -0.25) is 9.36 Å². The van der Waals surface area contributed by atoms with Gasteiger partial charge in [0, 0.05) is 16.3 Å². The van der Waals surface area contributed by atoms with Crippen LogP contribution in [0.2, 0.25) is 5.02 Å². The highest BCUT2D eigenvalue weighted by Crippen LogP contribution is 2.29. The van der Waals surface area contributed by atoms with Gasteiger partial charge in [0.2, 0.25) is 0 Å². The first kappa shape index (κ1) is 18.5. The Hall–Kier alpha value is -2.31. The van der Waals surface area contributed by atoms with Gasteiger partial charge in [-0.15, -0.1) is 10.2 Å². The Balaban J connectivity index is 2.04. The number of esters is 1. The Kier molecular flexibility index (Phi) is 5.96. The van der Waals surface area contributed by atoms with Gasteiger partial charge in [-0.1, -0.05) is 42.4 Å². The molecule has 1 aromatic heterocycles. The quantitative estimate of drug-likeness (QED) is 0.463. The number of aryl methyl sites for hydroxylation is 1. The van der Waals surface area contributed by atoms with Crippen molar-refractivity contribution in [3.8, 4) is 17.1 Å². The lowest BCUT2D eigenvalue weighted by Crippen LogP contribution is -2.05. The molecule has 0 N–H and O–H groups in total. The van der Waals surface area contributed by atoms with Crippen molar-refractivity contribution >= 4 is 29.3 Å². The Morgan fingerprint density at radius 3 is 2.42 bits per heavy atom. The largest absolute Gasteiger partial charge is 0.468 e. The SMILES string of the molecule is CCc1ccc(-n2c(SCC(=O)OC)nnc2-c2ccc(Cl)cc2)cc1. The fourth-order valence-electron chi connectivity index (χ4n) is 2.45. The lowest BCUT2D eigenvalue weighted by molar-refractivity contribution is -0.137. The van der Waals surface area contributed by atoms with E-state index in [9.17, 15) is 4.79 Å². The summed E-state index contributed by atoms with van der Waals surface area (Å²) in [5.41, 5.74) is 3.08. The van der Waals surface area contributed by atoms with Crippen molar-refractivity contribution in [3.05, 3.63) is 59.1 Å². The average Bonchev–Trinajstić information content (AvgIpc) is 3.10. The highest BCUT2D eigenvalue weighted by atomic mass is 35.5. The Labute approximate surface area is 161 Å². The summed E-state index contributed by atoms with van der Waals surface area (Å²) in [6.07, 6.45) is 0.969. The molecule has 0 aliphatic rings. The second-order valence-corrected chi connectivity index (χ2v) is 6.91. The third-order valence-corrected chi connectivity index (χ3v) is 5.04. The van der Waals surface area contributed by atoms with Gasteiger partial charge in [0.05, 0.1) is 12.9 Å². The highest BCUT2D eigenvalue weighted by Gasteiger charge is 2.17. The molecule has 0 aliphatic heterocycles. The number of nitrogens with zero attached hydrogens (tertiary/aromatic N) is 3. The van der Waals surface area contributed by atoms with Crippen LogP contribution in [-0.2, 0) is 16.0 Å². The van der Waals surface area contributed by atoms with Crippen LogP contribution in [0, 0.1) is 0 Å². The molecule has 0 bridgehead atoms. The summed E-state index contributed by atoms with van der Waals surface area (Å²) in [6, 6.07) is 15.7. The van der Waals surface area contributed by atoms with Crippen LogP contribution in [0.25, 0.3) is 17.1 Å². The van der Waals surface area contributed by atoms with Gasteiger partial charge in [-0.25, -0.2) is 0 Å². The van der Waals surface area contributed by atoms with Crippen molar-refractivity contribution in [2.45, 2.75) is 18.5 Å². The lowest BCUT2D eigenvalue weighted by atomic mass is 10.1. The van der Waals surface area contributed by atoms with E-state index in [0.29, 0.717) is 16.0 Å². The lowest BCUT2D eigenvalue weighted by Gasteiger charge is -2.11.